The summed E-state index contributed by atoms with van der Waals surface area (Å²) in [6.07, 6.45) is 21.5. The number of carbonyl (C=O) groups is 8. The number of fused-ring (bicyclic) bond motifs is 8. The van der Waals surface area contributed by atoms with Crippen molar-refractivity contribution in [3.8, 4) is 46.0 Å². The fraction of sp³-hybridized carbons (Fsp3) is 0.238. The number of benzene rings is 8. The number of hydrogen-bond acceptors (Lipinski definition) is 16. The van der Waals surface area contributed by atoms with Crippen LogP contribution in [0.4, 0.5) is 0 Å². The van der Waals surface area contributed by atoms with E-state index in [4.69, 9.17) is 37.9 Å². The quantitative estimate of drug-likeness (QED) is 0.0126. The third kappa shape index (κ3) is 21.2. The van der Waals surface area contributed by atoms with Gasteiger partial charge in [0.25, 0.3) is 0 Å². The van der Waals surface area contributed by atoms with Gasteiger partial charge in [0.2, 0.25) is 0 Å². The Bertz CT molecular complexity index is 3750. The molecule has 0 unspecified atom stereocenters. The second-order valence-electron chi connectivity index (χ2n) is 24.0. The van der Waals surface area contributed by atoms with E-state index in [1.165, 1.54) is 48.6 Å². The lowest BCUT2D eigenvalue weighted by Crippen LogP contribution is -2.11. The van der Waals surface area contributed by atoms with Crippen molar-refractivity contribution < 1.29 is 76.3 Å². The Balaban J connectivity index is 1.32. The monoisotopic (exact) mass is 1340 g/mol. The summed E-state index contributed by atoms with van der Waals surface area (Å²) in [5.41, 5.74) is 9.45. The lowest BCUT2D eigenvalue weighted by molar-refractivity contribution is -0.129. The van der Waals surface area contributed by atoms with E-state index in [9.17, 15) is 38.4 Å². The van der Waals surface area contributed by atoms with Crippen LogP contribution in [0.5, 0.6) is 46.0 Å². The molecule has 512 valence electrons. The summed E-state index contributed by atoms with van der Waals surface area (Å²) >= 11 is 0. The molecule has 0 fully saturated rings. The van der Waals surface area contributed by atoms with Crippen molar-refractivity contribution in [3.05, 3.63) is 259 Å². The molecule has 0 N–H and O–H groups in total. The molecular weight excluding hydrogens is 1260 g/mol. The first kappa shape index (κ1) is 72.7. The molecule has 0 radical (unpaired) electrons. The van der Waals surface area contributed by atoms with Gasteiger partial charge in [0.05, 0.1) is 26.4 Å². The summed E-state index contributed by atoms with van der Waals surface area (Å²) in [7, 11) is 0. The van der Waals surface area contributed by atoms with Crippen LogP contribution in [0.1, 0.15) is 187 Å². The Hall–Kier alpha value is -11.5. The van der Waals surface area contributed by atoms with E-state index in [0.29, 0.717) is 189 Å². The van der Waals surface area contributed by atoms with Gasteiger partial charge in [-0.2, -0.15) is 0 Å². The molecule has 0 aromatic heterocycles. The number of rotatable bonds is 32. The molecule has 1 aliphatic rings. The van der Waals surface area contributed by atoms with Crippen LogP contribution in [0, 0.1) is 0 Å². The Morgan fingerprint density at radius 1 is 0.290 bits per heavy atom. The summed E-state index contributed by atoms with van der Waals surface area (Å²) in [6.45, 7) is 9.67. The maximum Gasteiger partial charge on any atom is 0.336 e. The summed E-state index contributed by atoms with van der Waals surface area (Å²) in [6, 6.07) is 40.8. The lowest BCUT2D eigenvalue weighted by atomic mass is 9.88. The van der Waals surface area contributed by atoms with Crippen molar-refractivity contribution in [2.45, 2.75) is 105 Å². The molecule has 16 heteroatoms. The van der Waals surface area contributed by atoms with Gasteiger partial charge in [-0.3, -0.25) is 19.2 Å². The summed E-state index contributed by atoms with van der Waals surface area (Å²) in [5.74, 6) is 0.258. The van der Waals surface area contributed by atoms with Crippen LogP contribution in [0.2, 0.25) is 0 Å². The van der Waals surface area contributed by atoms with Crippen LogP contribution in [-0.4, -0.2) is 75.4 Å². The first-order valence-corrected chi connectivity index (χ1v) is 33.7. The Kier molecular flexibility index (Phi) is 27.1. The summed E-state index contributed by atoms with van der Waals surface area (Å²) in [4.78, 5) is 102. The summed E-state index contributed by atoms with van der Waals surface area (Å²) in [5, 5.41) is 0. The van der Waals surface area contributed by atoms with E-state index in [0.717, 1.165) is 25.7 Å². The molecular formula is C84H80O16. The van der Waals surface area contributed by atoms with Gasteiger partial charge >= 0.3 is 23.9 Å². The highest BCUT2D eigenvalue weighted by molar-refractivity contribution is 5.92. The summed E-state index contributed by atoms with van der Waals surface area (Å²) < 4.78 is 51.0. The number of unbranched alkanes of at least 4 members (excludes halogenated alkanes) is 4. The zero-order chi connectivity index (χ0) is 70.6. The van der Waals surface area contributed by atoms with Gasteiger partial charge in [-0.1, -0.05) is 102 Å². The predicted molar refractivity (Wildman–Crippen MR) is 385 cm³/mol. The average molecular weight is 1350 g/mol. The first-order valence-electron chi connectivity index (χ1n) is 33.7. The second kappa shape index (κ2) is 37.3. The molecule has 1 aliphatic carbocycles. The van der Waals surface area contributed by atoms with Crippen LogP contribution in [-0.2, 0) is 44.9 Å². The number of aldehydes is 4. The van der Waals surface area contributed by atoms with Crippen molar-refractivity contribution >= 4 is 73.3 Å². The number of ether oxygens (including phenoxy) is 8. The van der Waals surface area contributed by atoms with Crippen molar-refractivity contribution in [3.63, 3.8) is 0 Å². The molecule has 9 rings (SSSR count). The van der Waals surface area contributed by atoms with Crippen LogP contribution in [0.3, 0.4) is 0 Å². The highest BCUT2D eigenvalue weighted by Crippen LogP contribution is 2.42. The van der Waals surface area contributed by atoms with Crippen LogP contribution >= 0.6 is 0 Å². The zero-order valence-corrected chi connectivity index (χ0v) is 56.6. The molecule has 8 aromatic rings. The van der Waals surface area contributed by atoms with Gasteiger partial charge in [0.15, 0.2) is 0 Å². The van der Waals surface area contributed by atoms with Gasteiger partial charge < -0.3 is 37.9 Å². The second-order valence-corrected chi connectivity index (χ2v) is 24.0. The van der Waals surface area contributed by atoms with Crippen molar-refractivity contribution in [2.75, 3.05) is 26.4 Å². The average Bonchev–Trinajstić information content (AvgIpc) is 0.774. The van der Waals surface area contributed by atoms with E-state index in [1.54, 1.807) is 97.1 Å². The highest BCUT2D eigenvalue weighted by Gasteiger charge is 2.25. The fourth-order valence-corrected chi connectivity index (χ4v) is 11.3. The van der Waals surface area contributed by atoms with E-state index in [1.807, 2.05) is 48.5 Å². The third-order valence-corrected chi connectivity index (χ3v) is 16.1. The fourth-order valence-electron chi connectivity index (χ4n) is 11.3. The Labute approximate surface area is 582 Å². The van der Waals surface area contributed by atoms with Crippen molar-refractivity contribution in [2.24, 2.45) is 0 Å². The SMILES string of the molecule is CCCCOc1c2cc(C=CC(=O)Oc3cccc(C=O)c3)cc1Cc1cc(C=CC(=O)Oc3cccc(C=O)c3)cc(c1OCCCC)Cc1cc(C=CC(=O)Oc3cccc(C=O)c3)cc(c1OCCCC)Cc1cc(C=CC(=O)Oc3cccc(C=O)c3)cc(c1OCCCC)C2. The lowest BCUT2D eigenvalue weighted by Gasteiger charge is -2.24. The number of hydrogen-bond donors (Lipinski definition) is 0. The molecule has 0 aliphatic heterocycles. The van der Waals surface area contributed by atoms with E-state index in [2.05, 4.69) is 27.7 Å². The normalized spacial score (nSPS) is 11.9. The van der Waals surface area contributed by atoms with Crippen LogP contribution < -0.4 is 37.9 Å². The van der Waals surface area contributed by atoms with Gasteiger partial charge in [-0.25, -0.2) is 19.2 Å². The Morgan fingerprint density at radius 2 is 0.490 bits per heavy atom. The van der Waals surface area contributed by atoms with Crippen LogP contribution in [0.15, 0.2) is 170 Å². The Morgan fingerprint density at radius 3 is 0.670 bits per heavy atom. The van der Waals surface area contributed by atoms with Gasteiger partial charge in [-0.15, -0.1) is 0 Å². The first-order chi connectivity index (χ1) is 48.8. The minimum absolute atomic E-state index is 0.176. The van der Waals surface area contributed by atoms with E-state index >= 15 is 0 Å². The molecule has 0 saturated heterocycles. The molecule has 8 bridgehead atoms. The maximum absolute atomic E-state index is 13.8. The third-order valence-electron chi connectivity index (χ3n) is 16.1. The smallest absolute Gasteiger partial charge is 0.336 e. The molecule has 0 saturated carbocycles. The molecule has 0 amide bonds. The van der Waals surface area contributed by atoms with Gasteiger partial charge in [-0.05, 0) is 214 Å². The topological polar surface area (TPSA) is 210 Å². The number of carbonyl (C=O) groups excluding carboxylic acids is 8. The van der Waals surface area contributed by atoms with Gasteiger partial charge in [0, 0.05) is 72.2 Å². The van der Waals surface area contributed by atoms with Crippen molar-refractivity contribution in [1.29, 1.82) is 0 Å². The van der Waals surface area contributed by atoms with Gasteiger partial charge in [0.1, 0.15) is 71.1 Å². The molecule has 100 heavy (non-hydrogen) atoms. The molecule has 0 heterocycles. The standard InChI is InChI=1S/C84H80O16/c1-5-9-33-93-81-65-37-57(25-29-77(89)97-73-21-13-17-61(45-73)53-85)38-66(81)50-68-40-59(27-31-79(91)99-75-23-15-19-63(47-75)55-87)42-70(83(68)95-35-11-7-3)52-72-44-60(28-32-80(92)100-76-24-16-20-64(48-76)56-88)43-71(84(72)96-36-12-8-4)51-69-41-58(39-67(49-65)82(69)94-34-10-6-2)26-30-78(90)98-74-22-14-18-62(46-74)54-86/h13-32,37-48,53-56H,5-12,33-36,49-52H2,1-4H3. The molecule has 16 nitrogen and oxygen atoms in total. The molecule has 8 aromatic carbocycles. The van der Waals surface area contributed by atoms with E-state index < -0.39 is 23.9 Å². The predicted octanol–water partition coefficient (Wildman–Crippen LogP) is 16.8. The minimum atomic E-state index is -0.693. The zero-order valence-electron chi connectivity index (χ0n) is 56.6. The van der Waals surface area contributed by atoms with Crippen molar-refractivity contribution in [1.82, 2.24) is 0 Å². The van der Waals surface area contributed by atoms with E-state index in [-0.39, 0.29) is 48.7 Å². The maximum atomic E-state index is 13.8. The molecule has 0 atom stereocenters. The van der Waals surface area contributed by atoms with Crippen LogP contribution in [0.25, 0.3) is 24.3 Å². The largest absolute Gasteiger partial charge is 0.493 e. The minimum Gasteiger partial charge on any atom is -0.493 e. The number of esters is 4. The molecule has 0 spiro atoms. The highest BCUT2D eigenvalue weighted by atomic mass is 16.5.